The van der Waals surface area contributed by atoms with E-state index in [2.05, 4.69) is 76.3 Å². The fraction of sp³-hybridized carbons (Fsp3) is 0.320. The van der Waals surface area contributed by atoms with Gasteiger partial charge in [0.2, 0.25) is 5.91 Å². The standard InChI is InChI=1S/C25H26N2O/c28-25(24-16-23(24)20-10-5-2-6-11-20)27(21-13-14-21)18-22-12-7-15-26(22)17-19-8-3-1-4-9-19/h1-12,15,21,23-24H,13-14,16-18H2/t23-,24-/m0/s1. The fourth-order valence-electron chi connectivity index (χ4n) is 4.22. The van der Waals surface area contributed by atoms with Crippen LogP contribution in [0.15, 0.2) is 79.0 Å². The Bertz CT molecular complexity index is 943. The van der Waals surface area contributed by atoms with Crippen LogP contribution in [0.4, 0.5) is 0 Å². The maximum Gasteiger partial charge on any atom is 0.226 e. The predicted molar refractivity (Wildman–Crippen MR) is 111 cm³/mol. The molecule has 1 heterocycles. The highest BCUT2D eigenvalue weighted by Crippen LogP contribution is 2.49. The summed E-state index contributed by atoms with van der Waals surface area (Å²) in [5, 5.41) is 0. The summed E-state index contributed by atoms with van der Waals surface area (Å²) in [6.45, 7) is 1.58. The first-order valence-corrected chi connectivity index (χ1v) is 10.3. The van der Waals surface area contributed by atoms with E-state index < -0.39 is 0 Å². The molecule has 0 radical (unpaired) electrons. The second-order valence-corrected chi connectivity index (χ2v) is 8.17. The summed E-state index contributed by atoms with van der Waals surface area (Å²) < 4.78 is 2.28. The monoisotopic (exact) mass is 370 g/mol. The van der Waals surface area contributed by atoms with Crippen molar-refractivity contribution >= 4 is 5.91 Å². The van der Waals surface area contributed by atoms with Crippen LogP contribution in [0.3, 0.4) is 0 Å². The molecule has 0 saturated heterocycles. The lowest BCUT2D eigenvalue weighted by molar-refractivity contribution is -0.134. The minimum absolute atomic E-state index is 0.167. The van der Waals surface area contributed by atoms with Crippen molar-refractivity contribution in [2.75, 3.05) is 0 Å². The van der Waals surface area contributed by atoms with Gasteiger partial charge in [0, 0.05) is 30.4 Å². The van der Waals surface area contributed by atoms with E-state index in [1.807, 2.05) is 12.1 Å². The molecule has 142 valence electrons. The molecule has 1 amide bonds. The van der Waals surface area contributed by atoms with Gasteiger partial charge in [-0.3, -0.25) is 4.79 Å². The number of carbonyl (C=O) groups is 1. The smallest absolute Gasteiger partial charge is 0.226 e. The molecule has 28 heavy (non-hydrogen) atoms. The normalized spacial score (nSPS) is 20.7. The van der Waals surface area contributed by atoms with Crippen LogP contribution < -0.4 is 0 Å². The Morgan fingerprint density at radius 3 is 2.36 bits per heavy atom. The van der Waals surface area contributed by atoms with Crippen LogP contribution in [-0.2, 0) is 17.9 Å². The van der Waals surface area contributed by atoms with Gasteiger partial charge in [-0.05, 0) is 48.4 Å². The molecule has 3 nitrogen and oxygen atoms in total. The van der Waals surface area contributed by atoms with Crippen molar-refractivity contribution in [3.8, 4) is 0 Å². The number of aromatic nitrogens is 1. The minimum Gasteiger partial charge on any atom is -0.345 e. The van der Waals surface area contributed by atoms with Crippen LogP contribution in [-0.4, -0.2) is 21.4 Å². The maximum atomic E-state index is 13.3. The van der Waals surface area contributed by atoms with Gasteiger partial charge in [-0.15, -0.1) is 0 Å². The number of amides is 1. The van der Waals surface area contributed by atoms with E-state index in [4.69, 9.17) is 0 Å². The zero-order chi connectivity index (χ0) is 18.9. The highest BCUT2D eigenvalue weighted by Gasteiger charge is 2.48. The first kappa shape index (κ1) is 17.3. The zero-order valence-electron chi connectivity index (χ0n) is 16.1. The Kier molecular flexibility index (Phi) is 4.52. The molecule has 1 aromatic heterocycles. The molecule has 0 N–H and O–H groups in total. The summed E-state index contributed by atoms with van der Waals surface area (Å²) >= 11 is 0. The minimum atomic E-state index is 0.167. The summed E-state index contributed by atoms with van der Waals surface area (Å²) in [7, 11) is 0. The van der Waals surface area contributed by atoms with Crippen LogP contribution in [0, 0.1) is 5.92 Å². The fourth-order valence-corrected chi connectivity index (χ4v) is 4.22. The van der Waals surface area contributed by atoms with Crippen LogP contribution in [0.5, 0.6) is 0 Å². The first-order valence-electron chi connectivity index (χ1n) is 10.3. The van der Waals surface area contributed by atoms with Crippen molar-refractivity contribution in [1.82, 2.24) is 9.47 Å². The summed E-state index contributed by atoms with van der Waals surface area (Å²) in [6.07, 6.45) is 5.42. The maximum absolute atomic E-state index is 13.3. The van der Waals surface area contributed by atoms with E-state index in [1.165, 1.54) is 16.8 Å². The van der Waals surface area contributed by atoms with E-state index in [0.717, 1.165) is 32.4 Å². The Morgan fingerprint density at radius 2 is 1.64 bits per heavy atom. The molecule has 2 saturated carbocycles. The molecule has 0 unspecified atom stereocenters. The molecule has 5 rings (SSSR count). The number of hydrogen-bond donors (Lipinski definition) is 0. The van der Waals surface area contributed by atoms with E-state index in [1.54, 1.807) is 0 Å². The molecule has 0 bridgehead atoms. The van der Waals surface area contributed by atoms with Crippen molar-refractivity contribution in [2.24, 2.45) is 5.92 Å². The Morgan fingerprint density at radius 1 is 0.929 bits per heavy atom. The Balaban J connectivity index is 1.30. The summed E-state index contributed by atoms with van der Waals surface area (Å²) in [5.74, 6) is 0.926. The predicted octanol–water partition coefficient (Wildman–Crippen LogP) is 4.83. The van der Waals surface area contributed by atoms with Crippen molar-refractivity contribution in [3.63, 3.8) is 0 Å². The third-order valence-electron chi connectivity index (χ3n) is 6.06. The molecule has 2 aliphatic rings. The van der Waals surface area contributed by atoms with Gasteiger partial charge in [0.25, 0.3) is 0 Å². The number of benzene rings is 2. The molecule has 3 aromatic rings. The summed E-state index contributed by atoms with van der Waals surface area (Å²) in [4.78, 5) is 15.4. The van der Waals surface area contributed by atoms with E-state index in [-0.39, 0.29) is 5.92 Å². The molecule has 3 heteroatoms. The topological polar surface area (TPSA) is 25.2 Å². The highest BCUT2D eigenvalue weighted by molar-refractivity contribution is 5.83. The molecule has 0 aliphatic heterocycles. The van der Waals surface area contributed by atoms with E-state index >= 15 is 0 Å². The van der Waals surface area contributed by atoms with Crippen LogP contribution >= 0.6 is 0 Å². The lowest BCUT2D eigenvalue weighted by Gasteiger charge is -2.24. The second kappa shape index (κ2) is 7.31. The third kappa shape index (κ3) is 3.62. The van der Waals surface area contributed by atoms with Gasteiger partial charge in [0.15, 0.2) is 0 Å². The van der Waals surface area contributed by atoms with Gasteiger partial charge in [0.1, 0.15) is 0 Å². The SMILES string of the molecule is O=C([C@H]1C[C@H]1c1ccccc1)N(Cc1cccn1Cc1ccccc1)C1CC1. The van der Waals surface area contributed by atoms with Gasteiger partial charge in [-0.25, -0.2) is 0 Å². The second-order valence-electron chi connectivity index (χ2n) is 8.17. The zero-order valence-corrected chi connectivity index (χ0v) is 16.1. The van der Waals surface area contributed by atoms with E-state index in [0.29, 0.717) is 17.9 Å². The molecule has 2 aromatic carbocycles. The number of rotatable bonds is 7. The molecule has 2 fully saturated rings. The average Bonchev–Trinajstić information content (AvgIpc) is 3.66. The largest absolute Gasteiger partial charge is 0.345 e. The van der Waals surface area contributed by atoms with Gasteiger partial charge in [0.05, 0.1) is 6.54 Å². The lowest BCUT2D eigenvalue weighted by Crippen LogP contribution is -2.34. The average molecular weight is 370 g/mol. The molecular formula is C25H26N2O. The Labute approximate surface area is 166 Å². The van der Waals surface area contributed by atoms with Crippen LogP contribution in [0.1, 0.15) is 42.0 Å². The van der Waals surface area contributed by atoms with Crippen molar-refractivity contribution < 1.29 is 4.79 Å². The molecular weight excluding hydrogens is 344 g/mol. The highest BCUT2D eigenvalue weighted by atomic mass is 16.2. The number of nitrogens with zero attached hydrogens (tertiary/aromatic N) is 2. The molecule has 0 spiro atoms. The van der Waals surface area contributed by atoms with Crippen molar-refractivity contribution in [2.45, 2.75) is 44.3 Å². The van der Waals surface area contributed by atoms with Crippen LogP contribution in [0.2, 0.25) is 0 Å². The van der Waals surface area contributed by atoms with Crippen molar-refractivity contribution in [1.29, 1.82) is 0 Å². The van der Waals surface area contributed by atoms with Gasteiger partial charge < -0.3 is 9.47 Å². The van der Waals surface area contributed by atoms with Crippen LogP contribution in [0.25, 0.3) is 0 Å². The first-order chi connectivity index (χ1) is 13.8. The van der Waals surface area contributed by atoms with E-state index in [9.17, 15) is 4.79 Å². The van der Waals surface area contributed by atoms with Gasteiger partial charge in [-0.2, -0.15) is 0 Å². The summed E-state index contributed by atoms with van der Waals surface area (Å²) in [5.41, 5.74) is 3.82. The summed E-state index contributed by atoms with van der Waals surface area (Å²) in [6, 6.07) is 25.7. The lowest BCUT2D eigenvalue weighted by atomic mass is 10.1. The number of carbonyl (C=O) groups excluding carboxylic acids is 1. The quantitative estimate of drug-likeness (QED) is 0.585. The molecule has 2 atom stereocenters. The third-order valence-corrected chi connectivity index (χ3v) is 6.06. The number of hydrogen-bond acceptors (Lipinski definition) is 1. The Hall–Kier alpha value is -2.81. The molecule has 2 aliphatic carbocycles. The van der Waals surface area contributed by atoms with Gasteiger partial charge in [-0.1, -0.05) is 60.7 Å². The van der Waals surface area contributed by atoms with Crippen molar-refractivity contribution in [3.05, 3.63) is 95.8 Å². The van der Waals surface area contributed by atoms with Gasteiger partial charge >= 0.3 is 0 Å².